The van der Waals surface area contributed by atoms with E-state index in [1.807, 2.05) is 6.92 Å². The maximum absolute atomic E-state index is 12.2. The first kappa shape index (κ1) is 20.3. The van der Waals surface area contributed by atoms with Crippen molar-refractivity contribution in [2.45, 2.75) is 37.6 Å². The number of hydrogen-bond donors (Lipinski definition) is 2. The number of ketones is 1. The molecule has 1 atom stereocenters. The van der Waals surface area contributed by atoms with Gasteiger partial charge in [0.2, 0.25) is 10.0 Å². The predicted molar refractivity (Wildman–Crippen MR) is 86.8 cm³/mol. The second-order valence-corrected chi connectivity index (χ2v) is 6.74. The van der Waals surface area contributed by atoms with Crippen molar-refractivity contribution in [2.24, 2.45) is 5.73 Å². The highest BCUT2D eigenvalue weighted by Gasteiger charge is 2.20. The molecule has 0 spiro atoms. The summed E-state index contributed by atoms with van der Waals surface area (Å²) in [6.07, 6.45) is 1.60. The number of Topliss-reactive ketones (excluding diaryl/α,β-unsaturated/α-hetero) is 1. The van der Waals surface area contributed by atoms with Crippen LogP contribution < -0.4 is 10.5 Å². The van der Waals surface area contributed by atoms with Gasteiger partial charge in [-0.15, -0.1) is 12.4 Å². The molecule has 21 heavy (non-hydrogen) atoms. The highest BCUT2D eigenvalue weighted by Crippen LogP contribution is 2.22. The van der Waals surface area contributed by atoms with E-state index in [1.165, 1.54) is 25.1 Å². The van der Waals surface area contributed by atoms with E-state index >= 15 is 0 Å². The molecule has 1 unspecified atom stereocenters. The van der Waals surface area contributed by atoms with E-state index in [0.717, 1.165) is 12.8 Å². The molecule has 0 saturated heterocycles. The third-order valence-electron chi connectivity index (χ3n) is 2.82. The van der Waals surface area contributed by atoms with E-state index in [9.17, 15) is 13.2 Å². The Balaban J connectivity index is 0.00000400. The quantitative estimate of drug-likeness (QED) is 0.735. The number of sulfonamides is 1. The minimum Gasteiger partial charge on any atom is -0.327 e. The van der Waals surface area contributed by atoms with Gasteiger partial charge >= 0.3 is 0 Å². The SMILES string of the molecule is CCCC(N)CNS(=O)(=O)c1cc(C(C)=O)ccc1Cl.Cl. The van der Waals surface area contributed by atoms with Crippen LogP contribution in [0.1, 0.15) is 37.0 Å². The Hall–Kier alpha value is -0.660. The lowest BCUT2D eigenvalue weighted by Gasteiger charge is -2.13. The van der Waals surface area contributed by atoms with Crippen LogP contribution in [0, 0.1) is 0 Å². The van der Waals surface area contributed by atoms with Gasteiger partial charge in [-0.2, -0.15) is 0 Å². The van der Waals surface area contributed by atoms with Crippen LogP contribution in [-0.4, -0.2) is 26.8 Å². The Morgan fingerprint density at radius 1 is 1.43 bits per heavy atom. The van der Waals surface area contributed by atoms with Crippen LogP contribution in [0.2, 0.25) is 5.02 Å². The van der Waals surface area contributed by atoms with Crippen LogP contribution in [0.15, 0.2) is 23.1 Å². The molecular weight excluding hydrogens is 335 g/mol. The summed E-state index contributed by atoms with van der Waals surface area (Å²) in [6.45, 7) is 3.47. The fraction of sp³-hybridized carbons (Fsp3) is 0.462. The van der Waals surface area contributed by atoms with E-state index < -0.39 is 10.0 Å². The van der Waals surface area contributed by atoms with E-state index in [0.29, 0.717) is 5.56 Å². The second kappa shape index (κ2) is 8.70. The summed E-state index contributed by atoms with van der Waals surface area (Å²) in [5, 5.41) is 0.0755. The Bertz CT molecular complexity index is 591. The summed E-state index contributed by atoms with van der Waals surface area (Å²) >= 11 is 5.90. The monoisotopic (exact) mass is 354 g/mol. The molecule has 0 aromatic heterocycles. The van der Waals surface area contributed by atoms with Crippen molar-refractivity contribution < 1.29 is 13.2 Å². The minimum atomic E-state index is -3.77. The molecule has 0 heterocycles. The molecule has 0 radical (unpaired) electrons. The van der Waals surface area contributed by atoms with Gasteiger partial charge < -0.3 is 5.73 Å². The van der Waals surface area contributed by atoms with Crippen LogP contribution in [0.25, 0.3) is 0 Å². The molecule has 0 aliphatic heterocycles. The summed E-state index contributed by atoms with van der Waals surface area (Å²) in [5.41, 5.74) is 6.07. The zero-order valence-electron chi connectivity index (χ0n) is 11.9. The van der Waals surface area contributed by atoms with Crippen molar-refractivity contribution in [3.63, 3.8) is 0 Å². The Morgan fingerprint density at radius 3 is 2.57 bits per heavy atom. The van der Waals surface area contributed by atoms with Gasteiger partial charge in [0.25, 0.3) is 0 Å². The lowest BCUT2D eigenvalue weighted by Crippen LogP contribution is -2.37. The molecule has 1 aromatic carbocycles. The molecule has 1 aromatic rings. The fourth-order valence-electron chi connectivity index (χ4n) is 1.70. The second-order valence-electron chi connectivity index (χ2n) is 4.60. The van der Waals surface area contributed by atoms with Gasteiger partial charge in [0.15, 0.2) is 5.78 Å². The Morgan fingerprint density at radius 2 is 2.05 bits per heavy atom. The maximum Gasteiger partial charge on any atom is 0.242 e. The first-order chi connectivity index (χ1) is 9.27. The zero-order chi connectivity index (χ0) is 15.3. The van der Waals surface area contributed by atoms with Gasteiger partial charge in [0.05, 0.1) is 5.02 Å². The molecule has 0 aliphatic carbocycles. The molecule has 3 N–H and O–H groups in total. The van der Waals surface area contributed by atoms with Crippen LogP contribution in [0.3, 0.4) is 0 Å². The van der Waals surface area contributed by atoms with E-state index in [4.69, 9.17) is 17.3 Å². The van der Waals surface area contributed by atoms with Gasteiger partial charge in [-0.1, -0.05) is 24.9 Å². The number of carbonyl (C=O) groups excluding carboxylic acids is 1. The Kier molecular flexibility index (Phi) is 8.43. The van der Waals surface area contributed by atoms with Gasteiger partial charge in [0, 0.05) is 18.2 Å². The molecule has 0 amide bonds. The molecule has 5 nitrogen and oxygen atoms in total. The standard InChI is InChI=1S/C13H19ClN2O3S.ClH/c1-3-4-11(15)8-16-20(18,19)13-7-10(9(2)17)5-6-12(13)14;/h5-7,11,16H,3-4,8,15H2,1-2H3;1H. The van der Waals surface area contributed by atoms with E-state index in [2.05, 4.69) is 4.72 Å². The number of benzene rings is 1. The lowest BCUT2D eigenvalue weighted by atomic mass is 10.1. The highest BCUT2D eigenvalue weighted by atomic mass is 35.5. The number of nitrogens with two attached hydrogens (primary N) is 1. The predicted octanol–water partition coefficient (Wildman–Crippen LogP) is 2.37. The number of halogens is 2. The van der Waals surface area contributed by atoms with Gasteiger partial charge in [-0.25, -0.2) is 13.1 Å². The third-order valence-corrected chi connectivity index (χ3v) is 4.73. The Labute approximate surface area is 136 Å². The first-order valence-corrected chi connectivity index (χ1v) is 8.19. The lowest BCUT2D eigenvalue weighted by molar-refractivity contribution is 0.101. The normalized spacial score (nSPS) is 12.6. The van der Waals surface area contributed by atoms with Crippen molar-refractivity contribution in [3.8, 4) is 0 Å². The topological polar surface area (TPSA) is 89.3 Å². The van der Waals surface area contributed by atoms with Crippen LogP contribution >= 0.6 is 24.0 Å². The van der Waals surface area contributed by atoms with Crippen molar-refractivity contribution in [1.29, 1.82) is 0 Å². The van der Waals surface area contributed by atoms with Gasteiger partial charge in [-0.3, -0.25) is 4.79 Å². The van der Waals surface area contributed by atoms with Crippen molar-refractivity contribution in [1.82, 2.24) is 4.72 Å². The van der Waals surface area contributed by atoms with Crippen LogP contribution in [0.4, 0.5) is 0 Å². The third kappa shape index (κ3) is 5.92. The van der Waals surface area contributed by atoms with Crippen molar-refractivity contribution in [2.75, 3.05) is 6.54 Å². The molecule has 0 aliphatic rings. The fourth-order valence-corrected chi connectivity index (χ4v) is 3.31. The van der Waals surface area contributed by atoms with Gasteiger partial charge in [0.1, 0.15) is 4.90 Å². The summed E-state index contributed by atoms with van der Waals surface area (Å²) in [4.78, 5) is 11.2. The highest BCUT2D eigenvalue weighted by molar-refractivity contribution is 7.89. The molecule has 0 bridgehead atoms. The van der Waals surface area contributed by atoms with Crippen LogP contribution in [0.5, 0.6) is 0 Å². The first-order valence-electron chi connectivity index (χ1n) is 6.33. The maximum atomic E-state index is 12.2. The van der Waals surface area contributed by atoms with Gasteiger partial charge in [-0.05, 0) is 31.5 Å². The summed E-state index contributed by atoms with van der Waals surface area (Å²) in [5.74, 6) is -0.221. The zero-order valence-corrected chi connectivity index (χ0v) is 14.3. The average Bonchev–Trinajstić information content (AvgIpc) is 2.37. The molecule has 0 fully saturated rings. The summed E-state index contributed by atoms with van der Waals surface area (Å²) < 4.78 is 26.8. The molecular formula is C13H20Cl2N2O3S. The smallest absolute Gasteiger partial charge is 0.242 e. The number of nitrogens with one attached hydrogen (secondary N) is 1. The van der Waals surface area contributed by atoms with Crippen LogP contribution in [-0.2, 0) is 10.0 Å². The molecule has 0 saturated carbocycles. The number of carbonyl (C=O) groups is 1. The van der Waals surface area contributed by atoms with E-state index in [-0.39, 0.29) is 40.7 Å². The molecule has 8 heteroatoms. The molecule has 120 valence electrons. The minimum absolute atomic E-state index is 0. The molecule has 1 rings (SSSR count). The van der Waals surface area contributed by atoms with Crippen molar-refractivity contribution in [3.05, 3.63) is 28.8 Å². The number of rotatable bonds is 7. The van der Waals surface area contributed by atoms with E-state index in [1.54, 1.807) is 0 Å². The summed E-state index contributed by atoms with van der Waals surface area (Å²) in [7, 11) is -3.77. The summed E-state index contributed by atoms with van der Waals surface area (Å²) in [6, 6.07) is 3.92. The average molecular weight is 355 g/mol. The number of hydrogen-bond acceptors (Lipinski definition) is 4. The van der Waals surface area contributed by atoms with Crippen molar-refractivity contribution >= 4 is 39.8 Å². The largest absolute Gasteiger partial charge is 0.327 e.